The maximum Gasteiger partial charge on any atom is 0.150 e. The summed E-state index contributed by atoms with van der Waals surface area (Å²) in [5.74, 6) is 0.752. The zero-order valence-corrected chi connectivity index (χ0v) is 7.33. The molecule has 1 N–H and O–H groups in total. The molecule has 0 aliphatic carbocycles. The lowest BCUT2D eigenvalue weighted by molar-refractivity contribution is 0.833. The topological polar surface area (TPSA) is 50.7 Å². The first-order valence-corrected chi connectivity index (χ1v) is 3.83. The average molecular weight is 164 g/mol. The van der Waals surface area contributed by atoms with Crippen LogP contribution in [-0.2, 0) is 6.42 Å². The Hall–Kier alpha value is -1.45. The van der Waals surface area contributed by atoms with Crippen LogP contribution in [0.5, 0.6) is 0 Å². The minimum atomic E-state index is 0.690. The van der Waals surface area contributed by atoms with E-state index in [-0.39, 0.29) is 0 Å². The van der Waals surface area contributed by atoms with E-state index in [1.165, 1.54) is 0 Å². The van der Waals surface area contributed by atoms with E-state index in [4.69, 9.17) is 0 Å². The van der Waals surface area contributed by atoms with E-state index in [2.05, 4.69) is 27.1 Å². The van der Waals surface area contributed by atoms with Crippen LogP contribution in [-0.4, -0.2) is 22.2 Å². The first-order valence-electron chi connectivity index (χ1n) is 3.83. The Labute approximate surface area is 71.7 Å². The summed E-state index contributed by atoms with van der Waals surface area (Å²) in [5, 5.41) is 10.7. The number of aryl methyl sites for hydroxylation is 1. The second kappa shape index (κ2) is 3.80. The van der Waals surface area contributed by atoms with Gasteiger partial charge in [-0.05, 0) is 0 Å². The quantitative estimate of drug-likeness (QED) is 0.711. The molecule has 1 aromatic heterocycles. The van der Waals surface area contributed by atoms with Crippen molar-refractivity contribution >= 4 is 5.70 Å². The van der Waals surface area contributed by atoms with E-state index in [0.717, 1.165) is 17.9 Å². The van der Waals surface area contributed by atoms with Crippen LogP contribution in [0, 0.1) is 0 Å². The number of hydrogen-bond acceptors (Lipinski definition) is 4. The molecule has 0 saturated heterocycles. The molecule has 0 bridgehead atoms. The van der Waals surface area contributed by atoms with Gasteiger partial charge in [0.2, 0.25) is 0 Å². The second-order valence-corrected chi connectivity index (χ2v) is 2.34. The third-order valence-electron chi connectivity index (χ3n) is 1.54. The summed E-state index contributed by atoms with van der Waals surface area (Å²) in [6.45, 7) is 5.73. The number of nitrogens with zero attached hydrogens (tertiary/aromatic N) is 3. The average Bonchev–Trinajstić information content (AvgIpc) is 2.17. The van der Waals surface area contributed by atoms with Gasteiger partial charge < -0.3 is 5.32 Å². The van der Waals surface area contributed by atoms with Crippen LogP contribution in [0.15, 0.2) is 12.8 Å². The molecule has 12 heavy (non-hydrogen) atoms. The Bertz CT molecular complexity index is 265. The fourth-order valence-corrected chi connectivity index (χ4v) is 0.727. The summed E-state index contributed by atoms with van der Waals surface area (Å²) >= 11 is 0. The van der Waals surface area contributed by atoms with Gasteiger partial charge in [0, 0.05) is 13.5 Å². The van der Waals surface area contributed by atoms with Crippen LogP contribution in [0.25, 0.3) is 5.70 Å². The zero-order chi connectivity index (χ0) is 8.97. The van der Waals surface area contributed by atoms with E-state index in [1.807, 2.05) is 6.92 Å². The minimum absolute atomic E-state index is 0.690. The highest BCUT2D eigenvalue weighted by atomic mass is 15.2. The highest BCUT2D eigenvalue weighted by Gasteiger charge is 1.99. The van der Waals surface area contributed by atoms with Gasteiger partial charge in [0.05, 0.1) is 11.9 Å². The summed E-state index contributed by atoms with van der Waals surface area (Å²) in [5.41, 5.74) is 1.42. The standard InChI is InChI=1S/C8H12N4/c1-4-8-10-5-7(11-12-8)6(2)9-3/h5,9H,2,4H2,1,3H3. The second-order valence-electron chi connectivity index (χ2n) is 2.34. The molecule has 0 saturated carbocycles. The van der Waals surface area contributed by atoms with E-state index in [0.29, 0.717) is 5.69 Å². The highest BCUT2D eigenvalue weighted by molar-refractivity contribution is 5.56. The Morgan fingerprint density at radius 2 is 2.33 bits per heavy atom. The molecule has 0 unspecified atom stereocenters. The van der Waals surface area contributed by atoms with Crippen molar-refractivity contribution < 1.29 is 0 Å². The monoisotopic (exact) mass is 164 g/mol. The van der Waals surface area contributed by atoms with Gasteiger partial charge >= 0.3 is 0 Å². The lowest BCUT2D eigenvalue weighted by atomic mass is 10.3. The summed E-state index contributed by atoms with van der Waals surface area (Å²) in [6, 6.07) is 0. The highest BCUT2D eigenvalue weighted by Crippen LogP contribution is 2.01. The van der Waals surface area contributed by atoms with Crippen molar-refractivity contribution in [2.75, 3.05) is 7.05 Å². The first-order chi connectivity index (χ1) is 5.77. The summed E-state index contributed by atoms with van der Waals surface area (Å²) in [7, 11) is 1.79. The largest absolute Gasteiger partial charge is 0.387 e. The van der Waals surface area contributed by atoms with Crippen LogP contribution in [0.1, 0.15) is 18.4 Å². The Morgan fingerprint density at radius 1 is 1.58 bits per heavy atom. The molecule has 1 heterocycles. The summed E-state index contributed by atoms with van der Waals surface area (Å²) < 4.78 is 0. The molecule has 0 atom stereocenters. The summed E-state index contributed by atoms with van der Waals surface area (Å²) in [6.07, 6.45) is 2.48. The van der Waals surface area contributed by atoms with Gasteiger partial charge in [-0.2, -0.15) is 0 Å². The van der Waals surface area contributed by atoms with Gasteiger partial charge in [0.25, 0.3) is 0 Å². The van der Waals surface area contributed by atoms with Crippen molar-refractivity contribution in [3.8, 4) is 0 Å². The molecule has 0 aromatic carbocycles. The molecule has 4 nitrogen and oxygen atoms in total. The Balaban J connectivity index is 2.84. The van der Waals surface area contributed by atoms with Gasteiger partial charge in [-0.15, -0.1) is 10.2 Å². The lowest BCUT2D eigenvalue weighted by Crippen LogP contribution is -2.07. The van der Waals surface area contributed by atoms with E-state index in [9.17, 15) is 0 Å². The smallest absolute Gasteiger partial charge is 0.150 e. The maximum absolute atomic E-state index is 4.09. The molecule has 64 valence electrons. The SMILES string of the molecule is C=C(NC)c1cnc(CC)nn1. The fourth-order valence-electron chi connectivity index (χ4n) is 0.727. The van der Waals surface area contributed by atoms with E-state index in [1.54, 1.807) is 13.2 Å². The van der Waals surface area contributed by atoms with Crippen LogP contribution >= 0.6 is 0 Å². The van der Waals surface area contributed by atoms with Crippen LogP contribution in [0.2, 0.25) is 0 Å². The predicted octanol–water partition coefficient (Wildman–Crippen LogP) is 0.624. The molecule has 0 radical (unpaired) electrons. The molecular weight excluding hydrogens is 152 g/mol. The lowest BCUT2D eigenvalue weighted by Gasteiger charge is -2.01. The number of rotatable bonds is 3. The van der Waals surface area contributed by atoms with Crippen molar-refractivity contribution in [3.63, 3.8) is 0 Å². The molecule has 0 spiro atoms. The normalized spacial score (nSPS) is 9.50. The molecule has 4 heteroatoms. The van der Waals surface area contributed by atoms with Gasteiger partial charge in [-0.25, -0.2) is 4.98 Å². The number of nitrogens with one attached hydrogen (secondary N) is 1. The molecule has 0 aliphatic rings. The first kappa shape index (κ1) is 8.64. The number of hydrogen-bond donors (Lipinski definition) is 1. The van der Waals surface area contributed by atoms with E-state index < -0.39 is 0 Å². The van der Waals surface area contributed by atoms with Crippen molar-refractivity contribution in [2.24, 2.45) is 0 Å². The Morgan fingerprint density at radius 3 is 2.75 bits per heavy atom. The molecule has 0 aliphatic heterocycles. The number of aromatic nitrogens is 3. The van der Waals surface area contributed by atoms with Gasteiger partial charge in [0.15, 0.2) is 5.82 Å². The van der Waals surface area contributed by atoms with Gasteiger partial charge in [-0.1, -0.05) is 13.5 Å². The van der Waals surface area contributed by atoms with Gasteiger partial charge in [-0.3, -0.25) is 0 Å². The van der Waals surface area contributed by atoms with Crippen molar-refractivity contribution in [1.82, 2.24) is 20.5 Å². The van der Waals surface area contributed by atoms with Crippen LogP contribution < -0.4 is 5.32 Å². The van der Waals surface area contributed by atoms with Crippen molar-refractivity contribution in [2.45, 2.75) is 13.3 Å². The van der Waals surface area contributed by atoms with Crippen molar-refractivity contribution in [3.05, 3.63) is 24.3 Å². The van der Waals surface area contributed by atoms with E-state index >= 15 is 0 Å². The summed E-state index contributed by atoms with van der Waals surface area (Å²) in [4.78, 5) is 4.09. The third kappa shape index (κ3) is 1.78. The van der Waals surface area contributed by atoms with Crippen molar-refractivity contribution in [1.29, 1.82) is 0 Å². The zero-order valence-electron chi connectivity index (χ0n) is 7.33. The molecule has 0 amide bonds. The van der Waals surface area contributed by atoms with Gasteiger partial charge in [0.1, 0.15) is 5.69 Å². The Kier molecular flexibility index (Phi) is 2.74. The third-order valence-corrected chi connectivity index (χ3v) is 1.54. The van der Waals surface area contributed by atoms with Crippen LogP contribution in [0.3, 0.4) is 0 Å². The maximum atomic E-state index is 4.09. The predicted molar refractivity (Wildman–Crippen MR) is 47.3 cm³/mol. The molecule has 1 aromatic rings. The molecule has 1 rings (SSSR count). The minimum Gasteiger partial charge on any atom is -0.387 e. The van der Waals surface area contributed by atoms with Crippen LogP contribution in [0.4, 0.5) is 0 Å². The molecule has 0 fully saturated rings. The molecular formula is C8H12N4. The fraction of sp³-hybridized carbons (Fsp3) is 0.375.